The Morgan fingerprint density at radius 2 is 1.26 bits per heavy atom. The molecule has 2 aliphatic heterocycles. The first-order valence-electron chi connectivity index (χ1n) is 14.6. The molecular formula is C36H28N2O5. The minimum absolute atomic E-state index is 0.0809. The van der Waals surface area contributed by atoms with Crippen LogP contribution in [0.1, 0.15) is 46.1 Å². The molecule has 0 saturated carbocycles. The minimum Gasteiger partial charge on any atom is -0.426 e. The van der Waals surface area contributed by atoms with Crippen molar-refractivity contribution in [1.29, 1.82) is 0 Å². The fraction of sp³-hybridized carbons (Fsp3) is 0.222. The van der Waals surface area contributed by atoms with Crippen molar-refractivity contribution in [3.63, 3.8) is 0 Å². The van der Waals surface area contributed by atoms with Gasteiger partial charge in [-0.25, -0.2) is 4.90 Å². The first-order valence-corrected chi connectivity index (χ1v) is 14.6. The Morgan fingerprint density at radius 3 is 1.79 bits per heavy atom. The molecule has 212 valence electrons. The van der Waals surface area contributed by atoms with Crippen LogP contribution in [0.4, 0.5) is 11.4 Å². The van der Waals surface area contributed by atoms with Crippen molar-refractivity contribution in [1.82, 2.24) is 0 Å². The van der Waals surface area contributed by atoms with E-state index in [0.29, 0.717) is 11.4 Å². The Labute approximate surface area is 248 Å². The van der Waals surface area contributed by atoms with Crippen LogP contribution in [-0.4, -0.2) is 30.2 Å². The van der Waals surface area contributed by atoms with E-state index in [0.717, 1.165) is 33.5 Å². The number of hydrogen-bond acceptors (Lipinski definition) is 5. The number of imide groups is 1. The van der Waals surface area contributed by atoms with E-state index in [2.05, 4.69) is 24.3 Å². The Balaban J connectivity index is 1.02. The first-order chi connectivity index (χ1) is 20.9. The first kappa shape index (κ1) is 25.7. The lowest BCUT2D eigenvalue weighted by molar-refractivity contribution is -0.139. The number of anilines is 2. The lowest BCUT2D eigenvalue weighted by Crippen LogP contribution is -2.41. The number of esters is 1. The summed E-state index contributed by atoms with van der Waals surface area (Å²) in [7, 11) is 0. The molecule has 0 radical (unpaired) electrons. The van der Waals surface area contributed by atoms with E-state index in [1.54, 1.807) is 29.2 Å². The van der Waals surface area contributed by atoms with Gasteiger partial charge in [0, 0.05) is 30.5 Å². The van der Waals surface area contributed by atoms with E-state index < -0.39 is 23.7 Å². The maximum atomic E-state index is 14.0. The second-order valence-electron chi connectivity index (χ2n) is 11.9. The molecule has 2 fully saturated rings. The van der Waals surface area contributed by atoms with Crippen LogP contribution >= 0.6 is 0 Å². The summed E-state index contributed by atoms with van der Waals surface area (Å²) in [4.78, 5) is 56.5. The number of nitrogens with zero attached hydrogens (tertiary/aromatic N) is 2. The Morgan fingerprint density at radius 1 is 0.698 bits per heavy atom. The quantitative estimate of drug-likeness (QED) is 0.188. The van der Waals surface area contributed by atoms with Gasteiger partial charge in [0.2, 0.25) is 17.7 Å². The highest BCUT2D eigenvalue weighted by atomic mass is 16.5. The number of ether oxygens (including phenoxy) is 1. The smallest absolute Gasteiger partial charge is 0.316 e. The van der Waals surface area contributed by atoms with Crippen molar-refractivity contribution >= 4 is 35.1 Å². The van der Waals surface area contributed by atoms with Crippen LogP contribution in [0, 0.1) is 24.7 Å². The molecule has 4 aromatic rings. The molecule has 3 amide bonds. The third-order valence-electron chi connectivity index (χ3n) is 9.53. The highest BCUT2D eigenvalue weighted by Crippen LogP contribution is 2.61. The molecule has 0 unspecified atom stereocenters. The van der Waals surface area contributed by atoms with E-state index in [1.807, 2.05) is 55.5 Å². The van der Waals surface area contributed by atoms with Crippen molar-refractivity contribution in [2.75, 3.05) is 16.3 Å². The van der Waals surface area contributed by atoms with E-state index in [1.165, 1.54) is 4.90 Å². The average molecular weight is 569 g/mol. The average Bonchev–Trinajstić information content (AvgIpc) is 3.54. The summed E-state index contributed by atoms with van der Waals surface area (Å²) in [6, 6.07) is 30.5. The lowest BCUT2D eigenvalue weighted by Gasteiger charge is -2.45. The van der Waals surface area contributed by atoms with Crippen LogP contribution in [0.3, 0.4) is 0 Å². The number of hydrogen-bond donors (Lipinski definition) is 0. The molecule has 2 bridgehead atoms. The number of carbonyl (C=O) groups excluding carboxylic acids is 4. The zero-order chi connectivity index (χ0) is 29.4. The van der Waals surface area contributed by atoms with Crippen molar-refractivity contribution < 1.29 is 23.9 Å². The van der Waals surface area contributed by atoms with Gasteiger partial charge >= 0.3 is 5.97 Å². The van der Waals surface area contributed by atoms with Crippen molar-refractivity contribution in [2.24, 2.45) is 17.8 Å². The summed E-state index contributed by atoms with van der Waals surface area (Å²) in [5.41, 5.74) is 6.77. The summed E-state index contributed by atoms with van der Waals surface area (Å²) in [5, 5.41) is 0. The van der Waals surface area contributed by atoms with E-state index >= 15 is 0 Å². The molecule has 0 spiro atoms. The Kier molecular flexibility index (Phi) is 5.66. The van der Waals surface area contributed by atoms with E-state index in [4.69, 9.17) is 4.74 Å². The molecule has 2 saturated heterocycles. The second kappa shape index (κ2) is 9.49. The van der Waals surface area contributed by atoms with Gasteiger partial charge < -0.3 is 9.64 Å². The summed E-state index contributed by atoms with van der Waals surface area (Å²) in [6.07, 6.45) is 0.0809. The normalized spacial score (nSPS) is 25.0. The second-order valence-corrected chi connectivity index (χ2v) is 11.9. The molecule has 3 aliphatic carbocycles. The SMILES string of the molecule is Cc1cccc(N2C[C@H](C(=O)Oc3ccc(N4C(=O)[C@@H]5C6c7ccccc7C(c7ccccc76)[C@H]5C4=O)cc3)CC2=O)c1. The molecule has 0 aromatic heterocycles. The Bertz CT molecular complexity index is 1730. The van der Waals surface area contributed by atoms with Crippen LogP contribution in [0.25, 0.3) is 0 Å². The zero-order valence-electron chi connectivity index (χ0n) is 23.5. The molecule has 9 rings (SSSR count). The van der Waals surface area contributed by atoms with Crippen molar-refractivity contribution in [3.8, 4) is 5.75 Å². The lowest BCUT2D eigenvalue weighted by atomic mass is 9.55. The van der Waals surface area contributed by atoms with Crippen LogP contribution in [-0.2, 0) is 19.2 Å². The van der Waals surface area contributed by atoms with Gasteiger partial charge in [0.25, 0.3) is 0 Å². The molecule has 0 N–H and O–H groups in total. The van der Waals surface area contributed by atoms with Gasteiger partial charge in [0.15, 0.2) is 0 Å². The highest BCUT2D eigenvalue weighted by Gasteiger charge is 2.61. The van der Waals surface area contributed by atoms with Gasteiger partial charge in [-0.3, -0.25) is 19.2 Å². The topological polar surface area (TPSA) is 84.0 Å². The van der Waals surface area contributed by atoms with Crippen molar-refractivity contribution in [3.05, 3.63) is 125 Å². The summed E-state index contributed by atoms with van der Waals surface area (Å²) in [5.74, 6) is -2.54. The fourth-order valence-electron chi connectivity index (χ4n) is 7.71. The summed E-state index contributed by atoms with van der Waals surface area (Å²) < 4.78 is 5.64. The molecular weight excluding hydrogens is 540 g/mol. The third-order valence-corrected chi connectivity index (χ3v) is 9.53. The fourth-order valence-corrected chi connectivity index (χ4v) is 7.71. The summed E-state index contributed by atoms with van der Waals surface area (Å²) >= 11 is 0. The van der Waals surface area contributed by atoms with Gasteiger partial charge in [-0.15, -0.1) is 0 Å². The molecule has 5 aliphatic rings. The number of rotatable bonds is 4. The van der Waals surface area contributed by atoms with Crippen LogP contribution in [0.15, 0.2) is 97.1 Å². The number of carbonyl (C=O) groups is 4. The maximum Gasteiger partial charge on any atom is 0.316 e. The third kappa shape index (κ3) is 3.80. The molecule has 4 aromatic carbocycles. The van der Waals surface area contributed by atoms with Crippen LogP contribution in [0.2, 0.25) is 0 Å². The number of amides is 3. The summed E-state index contributed by atoms with van der Waals surface area (Å²) in [6.45, 7) is 2.21. The monoisotopic (exact) mass is 568 g/mol. The Hall–Kier alpha value is -5.04. The van der Waals surface area contributed by atoms with E-state index in [-0.39, 0.29) is 42.5 Å². The standard InChI is InChI=1S/C36H28N2O5/c1-20-7-6-8-23(17-20)37-19-21(18-29(37)39)36(42)43-24-15-13-22(14-16-24)38-34(40)32-30-25-9-2-3-10-26(25)31(33(32)35(38)41)28-12-5-4-11-27(28)30/h2-17,21,30-33H,18-19H2,1H3/t21-,30?,31?,32-,33-/m1/s1. The molecule has 7 heteroatoms. The maximum absolute atomic E-state index is 14.0. The number of aryl methyl sites for hydroxylation is 1. The van der Waals surface area contributed by atoms with Crippen LogP contribution in [0.5, 0.6) is 5.75 Å². The number of benzene rings is 4. The zero-order valence-corrected chi connectivity index (χ0v) is 23.5. The van der Waals surface area contributed by atoms with Gasteiger partial charge in [-0.2, -0.15) is 0 Å². The van der Waals surface area contributed by atoms with Crippen molar-refractivity contribution in [2.45, 2.75) is 25.2 Å². The van der Waals surface area contributed by atoms with Gasteiger partial charge in [0.1, 0.15) is 5.75 Å². The predicted molar refractivity (Wildman–Crippen MR) is 160 cm³/mol. The molecule has 3 atom stereocenters. The largest absolute Gasteiger partial charge is 0.426 e. The molecule has 43 heavy (non-hydrogen) atoms. The van der Waals surface area contributed by atoms with Gasteiger partial charge in [-0.05, 0) is 71.1 Å². The minimum atomic E-state index is -0.587. The van der Waals surface area contributed by atoms with Crippen LogP contribution < -0.4 is 14.5 Å². The molecule has 2 heterocycles. The van der Waals surface area contributed by atoms with E-state index in [9.17, 15) is 19.2 Å². The van der Waals surface area contributed by atoms with Gasteiger partial charge in [-0.1, -0.05) is 60.7 Å². The molecule has 7 nitrogen and oxygen atoms in total. The van der Waals surface area contributed by atoms with Gasteiger partial charge in [0.05, 0.1) is 23.4 Å². The predicted octanol–water partition coefficient (Wildman–Crippen LogP) is 5.35. The highest BCUT2D eigenvalue weighted by molar-refractivity contribution is 6.23.